The lowest BCUT2D eigenvalue weighted by Gasteiger charge is -2.19. The van der Waals surface area contributed by atoms with Gasteiger partial charge in [0.25, 0.3) is 5.91 Å². The minimum absolute atomic E-state index is 0.0601. The van der Waals surface area contributed by atoms with E-state index in [2.05, 4.69) is 24.0 Å². The smallest absolute Gasteiger partial charge is 0.274 e. The van der Waals surface area contributed by atoms with E-state index in [1.54, 1.807) is 22.7 Å². The van der Waals surface area contributed by atoms with E-state index in [4.69, 9.17) is 16.6 Å². The standard InChI is InChI=1S/C25H20ClN3OS2/c1-3-28-20-12-4-5-13-21(20)31-24(28)22-23(30)29(19-11-6-8-16(2)14-19)25(32-22)27-18-10-7-9-17(26)15-18/h4-15H,3H2,1-2H3. The molecule has 2 heterocycles. The summed E-state index contributed by atoms with van der Waals surface area (Å²) in [4.78, 5) is 24.4. The maximum Gasteiger partial charge on any atom is 0.274 e. The van der Waals surface area contributed by atoms with Gasteiger partial charge in [0.15, 0.2) is 5.17 Å². The molecule has 0 radical (unpaired) electrons. The second kappa shape index (κ2) is 8.70. The first kappa shape index (κ1) is 21.2. The Kier molecular flexibility index (Phi) is 5.76. The number of hydrogen-bond acceptors (Lipinski definition) is 5. The molecule has 4 nitrogen and oxygen atoms in total. The topological polar surface area (TPSA) is 35.9 Å². The molecule has 0 spiro atoms. The Labute approximate surface area is 201 Å². The van der Waals surface area contributed by atoms with Crippen LogP contribution in [0.15, 0.2) is 92.6 Å². The average molecular weight is 478 g/mol. The van der Waals surface area contributed by atoms with E-state index in [1.807, 2.05) is 61.5 Å². The molecule has 5 rings (SSSR count). The van der Waals surface area contributed by atoms with Crippen LogP contribution in [0.3, 0.4) is 0 Å². The fourth-order valence-corrected chi connectivity index (χ4v) is 6.33. The lowest BCUT2D eigenvalue weighted by atomic mass is 10.2. The van der Waals surface area contributed by atoms with Crippen LogP contribution in [-0.2, 0) is 4.79 Å². The summed E-state index contributed by atoms with van der Waals surface area (Å²) in [5, 5.41) is 2.19. The molecule has 32 heavy (non-hydrogen) atoms. The second-order valence-electron chi connectivity index (χ2n) is 7.40. The first-order chi connectivity index (χ1) is 15.5. The lowest BCUT2D eigenvalue weighted by Crippen LogP contribution is -2.29. The van der Waals surface area contributed by atoms with Gasteiger partial charge in [-0.1, -0.05) is 53.7 Å². The zero-order chi connectivity index (χ0) is 22.2. The van der Waals surface area contributed by atoms with Gasteiger partial charge in [0, 0.05) is 16.5 Å². The Hall–Kier alpha value is -2.67. The molecule has 1 amide bonds. The van der Waals surface area contributed by atoms with Gasteiger partial charge in [0.05, 0.1) is 17.1 Å². The molecule has 0 unspecified atom stereocenters. The van der Waals surface area contributed by atoms with Crippen molar-refractivity contribution in [2.75, 3.05) is 16.3 Å². The maximum atomic E-state index is 13.8. The maximum absolute atomic E-state index is 13.8. The van der Waals surface area contributed by atoms with Crippen LogP contribution in [0.4, 0.5) is 17.1 Å². The van der Waals surface area contributed by atoms with Crippen LogP contribution in [0.5, 0.6) is 0 Å². The Morgan fingerprint density at radius 1 is 0.969 bits per heavy atom. The van der Waals surface area contributed by atoms with Crippen molar-refractivity contribution in [3.8, 4) is 0 Å². The molecule has 0 saturated carbocycles. The molecule has 0 N–H and O–H groups in total. The molecular formula is C25H20ClN3OS2. The number of carbonyl (C=O) groups is 1. The van der Waals surface area contributed by atoms with Gasteiger partial charge in [-0.25, -0.2) is 4.99 Å². The number of para-hydroxylation sites is 1. The largest absolute Gasteiger partial charge is 0.334 e. The summed E-state index contributed by atoms with van der Waals surface area (Å²) in [6.45, 7) is 4.90. The van der Waals surface area contributed by atoms with Crippen molar-refractivity contribution >= 4 is 63.3 Å². The Balaban J connectivity index is 1.64. The third kappa shape index (κ3) is 3.83. The fourth-order valence-electron chi connectivity index (χ4n) is 3.75. The predicted molar refractivity (Wildman–Crippen MR) is 137 cm³/mol. The number of benzene rings is 3. The molecule has 1 saturated heterocycles. The quantitative estimate of drug-likeness (QED) is 0.373. The van der Waals surface area contributed by atoms with Crippen molar-refractivity contribution in [1.29, 1.82) is 0 Å². The molecular weight excluding hydrogens is 458 g/mol. The molecule has 160 valence electrons. The van der Waals surface area contributed by atoms with Gasteiger partial charge in [-0.05, 0) is 73.6 Å². The van der Waals surface area contributed by atoms with E-state index >= 15 is 0 Å². The molecule has 2 aliphatic rings. The van der Waals surface area contributed by atoms with Gasteiger partial charge in [-0.15, -0.1) is 0 Å². The van der Waals surface area contributed by atoms with Crippen molar-refractivity contribution in [3.63, 3.8) is 0 Å². The summed E-state index contributed by atoms with van der Waals surface area (Å²) >= 11 is 9.24. The number of rotatable bonds is 3. The zero-order valence-electron chi connectivity index (χ0n) is 17.6. The van der Waals surface area contributed by atoms with Gasteiger partial charge >= 0.3 is 0 Å². The molecule has 0 bridgehead atoms. The summed E-state index contributed by atoms with van der Waals surface area (Å²) < 4.78 is 0. The van der Waals surface area contributed by atoms with Crippen molar-refractivity contribution in [2.45, 2.75) is 18.7 Å². The van der Waals surface area contributed by atoms with Crippen LogP contribution in [0.1, 0.15) is 12.5 Å². The molecule has 2 aliphatic heterocycles. The van der Waals surface area contributed by atoms with E-state index in [1.165, 1.54) is 11.8 Å². The number of amides is 1. The van der Waals surface area contributed by atoms with Crippen LogP contribution in [0, 0.1) is 6.92 Å². The Bertz CT molecular complexity index is 1290. The lowest BCUT2D eigenvalue weighted by molar-refractivity contribution is -0.113. The number of thioether (sulfide) groups is 2. The van der Waals surface area contributed by atoms with Gasteiger partial charge in [0.1, 0.15) is 9.93 Å². The summed E-state index contributed by atoms with van der Waals surface area (Å²) in [6.07, 6.45) is 0. The summed E-state index contributed by atoms with van der Waals surface area (Å²) in [6, 6.07) is 23.6. The number of aliphatic imine (C=N–C) groups is 1. The molecule has 0 atom stereocenters. The zero-order valence-corrected chi connectivity index (χ0v) is 20.0. The normalized spacial score (nSPS) is 19.2. The molecule has 1 fully saturated rings. The molecule has 3 aromatic rings. The minimum Gasteiger partial charge on any atom is -0.334 e. The first-order valence-electron chi connectivity index (χ1n) is 10.3. The van der Waals surface area contributed by atoms with Crippen LogP contribution >= 0.6 is 35.1 Å². The van der Waals surface area contributed by atoms with Crippen molar-refractivity contribution in [2.24, 2.45) is 4.99 Å². The van der Waals surface area contributed by atoms with Crippen molar-refractivity contribution in [3.05, 3.63) is 93.3 Å². The highest BCUT2D eigenvalue weighted by atomic mass is 35.5. The molecule has 3 aromatic carbocycles. The number of aryl methyl sites for hydroxylation is 1. The summed E-state index contributed by atoms with van der Waals surface area (Å²) in [5.74, 6) is -0.0601. The molecule has 7 heteroatoms. The molecule has 0 aromatic heterocycles. The third-order valence-electron chi connectivity index (χ3n) is 5.19. The van der Waals surface area contributed by atoms with Crippen LogP contribution < -0.4 is 9.80 Å². The highest BCUT2D eigenvalue weighted by Gasteiger charge is 2.40. The van der Waals surface area contributed by atoms with Crippen LogP contribution in [0.2, 0.25) is 5.02 Å². The van der Waals surface area contributed by atoms with E-state index in [9.17, 15) is 4.79 Å². The van der Waals surface area contributed by atoms with E-state index in [0.717, 1.165) is 33.4 Å². The highest BCUT2D eigenvalue weighted by molar-refractivity contribution is 8.20. The SMILES string of the molecule is CCN1C(=C2SC(=Nc3cccc(Cl)c3)N(c3cccc(C)c3)C2=O)Sc2ccccc21. The average Bonchev–Trinajstić information content (AvgIpc) is 3.30. The monoisotopic (exact) mass is 477 g/mol. The van der Waals surface area contributed by atoms with Crippen molar-refractivity contribution < 1.29 is 4.79 Å². The summed E-state index contributed by atoms with van der Waals surface area (Å²) in [5.41, 5.74) is 3.74. The van der Waals surface area contributed by atoms with Crippen LogP contribution in [-0.4, -0.2) is 17.6 Å². The Morgan fingerprint density at radius 3 is 2.56 bits per heavy atom. The van der Waals surface area contributed by atoms with Gasteiger partial charge in [-0.2, -0.15) is 0 Å². The number of hydrogen-bond donors (Lipinski definition) is 0. The predicted octanol–water partition coefficient (Wildman–Crippen LogP) is 7.22. The Morgan fingerprint density at radius 2 is 1.78 bits per heavy atom. The van der Waals surface area contributed by atoms with E-state index < -0.39 is 0 Å². The van der Waals surface area contributed by atoms with E-state index in [-0.39, 0.29) is 5.91 Å². The van der Waals surface area contributed by atoms with Gasteiger partial charge < -0.3 is 4.90 Å². The van der Waals surface area contributed by atoms with Crippen molar-refractivity contribution in [1.82, 2.24) is 0 Å². The number of anilines is 2. The number of fused-ring (bicyclic) bond motifs is 1. The summed E-state index contributed by atoms with van der Waals surface area (Å²) in [7, 11) is 0. The number of amidine groups is 1. The molecule has 0 aliphatic carbocycles. The number of halogens is 1. The minimum atomic E-state index is -0.0601. The first-order valence-corrected chi connectivity index (χ1v) is 12.3. The highest BCUT2D eigenvalue weighted by Crippen LogP contribution is 2.51. The number of carbonyl (C=O) groups excluding carboxylic acids is 1. The van der Waals surface area contributed by atoms with Crippen LogP contribution in [0.25, 0.3) is 0 Å². The van der Waals surface area contributed by atoms with E-state index in [0.29, 0.717) is 20.8 Å². The van der Waals surface area contributed by atoms with Gasteiger partial charge in [0.2, 0.25) is 0 Å². The number of nitrogens with zero attached hydrogens (tertiary/aromatic N) is 3. The second-order valence-corrected chi connectivity index (χ2v) is 9.85. The van der Waals surface area contributed by atoms with Gasteiger partial charge in [-0.3, -0.25) is 9.69 Å². The fraction of sp³-hybridized carbons (Fsp3) is 0.120. The third-order valence-corrected chi connectivity index (χ3v) is 7.77.